The number of benzene rings is 1. The van der Waals surface area contributed by atoms with Gasteiger partial charge in [-0.2, -0.15) is 0 Å². The van der Waals surface area contributed by atoms with E-state index in [1.54, 1.807) is 12.1 Å². The van der Waals surface area contributed by atoms with Crippen LogP contribution in [-0.4, -0.2) is 32.1 Å². The topological polar surface area (TPSA) is 58.6 Å². The molecule has 1 aliphatic heterocycles. The minimum atomic E-state index is -0.337. The first kappa shape index (κ1) is 16.8. The van der Waals surface area contributed by atoms with Crippen molar-refractivity contribution in [1.82, 2.24) is 0 Å². The van der Waals surface area contributed by atoms with Crippen LogP contribution in [-0.2, 0) is 9.53 Å². The molecule has 1 saturated heterocycles. The third kappa shape index (κ3) is 3.71. The molecule has 2 aliphatic rings. The van der Waals surface area contributed by atoms with Gasteiger partial charge < -0.3 is 15.0 Å². The molecule has 1 heterocycles. The summed E-state index contributed by atoms with van der Waals surface area (Å²) in [4.78, 5) is 26.4. The highest BCUT2D eigenvalue weighted by molar-refractivity contribution is 5.99. The second kappa shape index (κ2) is 6.83. The smallest absolute Gasteiger partial charge is 0.339 e. The van der Waals surface area contributed by atoms with Crippen LogP contribution in [0.3, 0.4) is 0 Å². The number of nitrogens with one attached hydrogen (secondary N) is 1. The van der Waals surface area contributed by atoms with Gasteiger partial charge in [0.2, 0.25) is 5.91 Å². The molecule has 2 fully saturated rings. The standard InChI is InChI=1S/C19H26N2O3/c1-12-8-13(2)11-21(10-12)17-9-15(20-18(22)14-4-5-14)6-7-16(17)19(23)24-3/h6-7,9,12-14H,4-5,8,10-11H2,1-3H3,(H,20,22). The Balaban J connectivity index is 1.89. The van der Waals surface area contributed by atoms with E-state index in [2.05, 4.69) is 24.1 Å². The number of carbonyl (C=O) groups excluding carboxylic acids is 2. The van der Waals surface area contributed by atoms with Gasteiger partial charge >= 0.3 is 5.97 Å². The zero-order valence-electron chi connectivity index (χ0n) is 14.7. The maximum atomic E-state index is 12.2. The Labute approximate surface area is 143 Å². The molecule has 2 unspecified atom stereocenters. The lowest BCUT2D eigenvalue weighted by Gasteiger charge is -2.37. The number of ether oxygens (including phenoxy) is 1. The van der Waals surface area contributed by atoms with E-state index in [1.807, 2.05) is 6.07 Å². The Bertz CT molecular complexity index is 629. The molecule has 24 heavy (non-hydrogen) atoms. The molecular weight excluding hydrogens is 304 g/mol. The van der Waals surface area contributed by atoms with Gasteiger partial charge in [0.25, 0.3) is 0 Å². The molecule has 1 N–H and O–H groups in total. The number of hydrogen-bond acceptors (Lipinski definition) is 4. The Morgan fingerprint density at radius 2 is 1.83 bits per heavy atom. The molecule has 2 atom stereocenters. The molecule has 3 rings (SSSR count). The molecule has 5 heteroatoms. The molecule has 1 amide bonds. The van der Waals surface area contributed by atoms with Crippen LogP contribution in [0.4, 0.5) is 11.4 Å². The summed E-state index contributed by atoms with van der Waals surface area (Å²) < 4.78 is 4.94. The van der Waals surface area contributed by atoms with Crippen molar-refractivity contribution in [3.63, 3.8) is 0 Å². The van der Waals surface area contributed by atoms with Crippen LogP contribution >= 0.6 is 0 Å². The molecule has 130 valence electrons. The van der Waals surface area contributed by atoms with E-state index < -0.39 is 0 Å². The second-order valence-electron chi connectivity index (χ2n) is 7.34. The number of piperidine rings is 1. The second-order valence-corrected chi connectivity index (χ2v) is 7.34. The zero-order chi connectivity index (χ0) is 17.3. The number of esters is 1. The lowest BCUT2D eigenvalue weighted by molar-refractivity contribution is -0.117. The summed E-state index contributed by atoms with van der Waals surface area (Å²) >= 11 is 0. The Hall–Kier alpha value is -2.04. The molecule has 0 spiro atoms. The highest BCUT2D eigenvalue weighted by Gasteiger charge is 2.30. The molecule has 1 aliphatic carbocycles. The summed E-state index contributed by atoms with van der Waals surface area (Å²) in [6, 6.07) is 5.46. The van der Waals surface area contributed by atoms with Crippen LogP contribution in [0, 0.1) is 17.8 Å². The van der Waals surface area contributed by atoms with Gasteiger partial charge in [-0.3, -0.25) is 4.79 Å². The maximum absolute atomic E-state index is 12.2. The summed E-state index contributed by atoms with van der Waals surface area (Å²) in [7, 11) is 1.40. The molecular formula is C19H26N2O3. The van der Waals surface area contributed by atoms with Crippen molar-refractivity contribution in [3.8, 4) is 0 Å². The van der Waals surface area contributed by atoms with E-state index in [1.165, 1.54) is 13.5 Å². The van der Waals surface area contributed by atoms with Crippen LogP contribution in [0.25, 0.3) is 0 Å². The molecule has 1 aromatic rings. The van der Waals surface area contributed by atoms with Gasteiger partial charge in [-0.15, -0.1) is 0 Å². The van der Waals surface area contributed by atoms with Gasteiger partial charge in [0, 0.05) is 24.7 Å². The number of nitrogens with zero attached hydrogens (tertiary/aromatic N) is 1. The SMILES string of the molecule is COC(=O)c1ccc(NC(=O)C2CC2)cc1N1CC(C)CC(C)C1. The minimum absolute atomic E-state index is 0.0761. The average molecular weight is 330 g/mol. The first-order chi connectivity index (χ1) is 11.5. The third-order valence-electron chi connectivity index (χ3n) is 4.83. The summed E-state index contributed by atoms with van der Waals surface area (Å²) in [5.74, 6) is 1.04. The first-order valence-corrected chi connectivity index (χ1v) is 8.76. The Kier molecular flexibility index (Phi) is 4.78. The highest BCUT2D eigenvalue weighted by Crippen LogP contribution is 2.33. The number of carbonyl (C=O) groups is 2. The molecule has 0 radical (unpaired) electrons. The number of anilines is 2. The van der Waals surface area contributed by atoms with Crippen molar-refractivity contribution < 1.29 is 14.3 Å². The Morgan fingerprint density at radius 1 is 1.17 bits per heavy atom. The molecule has 1 saturated carbocycles. The Morgan fingerprint density at radius 3 is 2.42 bits per heavy atom. The summed E-state index contributed by atoms with van der Waals surface area (Å²) in [6.07, 6.45) is 3.14. The van der Waals surface area contributed by atoms with Crippen LogP contribution in [0.5, 0.6) is 0 Å². The van der Waals surface area contributed by atoms with Gasteiger partial charge in [-0.05, 0) is 49.3 Å². The number of amides is 1. The molecule has 0 aromatic heterocycles. The van der Waals surface area contributed by atoms with Crippen LogP contribution in [0.2, 0.25) is 0 Å². The number of methoxy groups -OCH3 is 1. The van der Waals surface area contributed by atoms with Crippen molar-refractivity contribution in [2.24, 2.45) is 17.8 Å². The van der Waals surface area contributed by atoms with E-state index >= 15 is 0 Å². The molecule has 0 bridgehead atoms. The maximum Gasteiger partial charge on any atom is 0.339 e. The first-order valence-electron chi connectivity index (χ1n) is 8.76. The van der Waals surface area contributed by atoms with Crippen molar-refractivity contribution in [1.29, 1.82) is 0 Å². The lowest BCUT2D eigenvalue weighted by atomic mass is 9.91. The van der Waals surface area contributed by atoms with Crippen molar-refractivity contribution in [2.75, 3.05) is 30.4 Å². The monoisotopic (exact) mass is 330 g/mol. The van der Waals surface area contributed by atoms with E-state index in [9.17, 15) is 9.59 Å². The van der Waals surface area contributed by atoms with E-state index in [0.29, 0.717) is 17.4 Å². The van der Waals surface area contributed by atoms with Gasteiger partial charge in [0.15, 0.2) is 0 Å². The van der Waals surface area contributed by atoms with Gasteiger partial charge in [0.1, 0.15) is 0 Å². The predicted octanol–water partition coefficient (Wildman–Crippen LogP) is 3.30. The number of rotatable bonds is 4. The average Bonchev–Trinajstić information content (AvgIpc) is 3.38. The van der Waals surface area contributed by atoms with Crippen LogP contribution in [0.1, 0.15) is 43.5 Å². The van der Waals surface area contributed by atoms with E-state index in [4.69, 9.17) is 4.74 Å². The quantitative estimate of drug-likeness (QED) is 0.861. The number of hydrogen-bond donors (Lipinski definition) is 1. The van der Waals surface area contributed by atoms with Crippen molar-refractivity contribution >= 4 is 23.3 Å². The van der Waals surface area contributed by atoms with Crippen molar-refractivity contribution in [2.45, 2.75) is 33.1 Å². The molecule has 1 aromatic carbocycles. The fourth-order valence-corrected chi connectivity index (χ4v) is 3.60. The fraction of sp³-hybridized carbons (Fsp3) is 0.579. The summed E-state index contributed by atoms with van der Waals surface area (Å²) in [6.45, 7) is 6.29. The predicted molar refractivity (Wildman–Crippen MR) is 94.3 cm³/mol. The molecule has 5 nitrogen and oxygen atoms in total. The summed E-state index contributed by atoms with van der Waals surface area (Å²) in [5.41, 5.74) is 2.16. The summed E-state index contributed by atoms with van der Waals surface area (Å²) in [5, 5.41) is 2.97. The van der Waals surface area contributed by atoms with Gasteiger partial charge in [0.05, 0.1) is 18.4 Å². The van der Waals surface area contributed by atoms with E-state index in [-0.39, 0.29) is 17.8 Å². The fourth-order valence-electron chi connectivity index (χ4n) is 3.60. The van der Waals surface area contributed by atoms with Crippen LogP contribution in [0.15, 0.2) is 18.2 Å². The zero-order valence-corrected chi connectivity index (χ0v) is 14.7. The highest BCUT2D eigenvalue weighted by atomic mass is 16.5. The lowest BCUT2D eigenvalue weighted by Crippen LogP contribution is -2.39. The van der Waals surface area contributed by atoms with Crippen molar-refractivity contribution in [3.05, 3.63) is 23.8 Å². The van der Waals surface area contributed by atoms with Crippen LogP contribution < -0.4 is 10.2 Å². The van der Waals surface area contributed by atoms with Gasteiger partial charge in [-0.25, -0.2) is 4.79 Å². The van der Waals surface area contributed by atoms with E-state index in [0.717, 1.165) is 37.3 Å². The normalized spacial score (nSPS) is 23.7. The largest absolute Gasteiger partial charge is 0.465 e. The minimum Gasteiger partial charge on any atom is -0.465 e. The van der Waals surface area contributed by atoms with Gasteiger partial charge in [-0.1, -0.05) is 13.8 Å². The third-order valence-corrected chi connectivity index (χ3v) is 4.83.